The summed E-state index contributed by atoms with van der Waals surface area (Å²) in [4.78, 5) is 25.7. The van der Waals surface area contributed by atoms with Gasteiger partial charge in [0.05, 0.1) is 11.0 Å². The molecule has 2 heterocycles. The van der Waals surface area contributed by atoms with Crippen LogP contribution in [-0.4, -0.2) is 45.1 Å². The van der Waals surface area contributed by atoms with E-state index in [1.807, 2.05) is 12.1 Å². The molecule has 1 saturated carbocycles. The monoisotopic (exact) mass is 528 g/mol. The Morgan fingerprint density at radius 2 is 1.68 bits per heavy atom. The third-order valence-corrected chi connectivity index (χ3v) is 6.51. The SMILES string of the molecule is O=C(c1ccc(OC2CC2)c([N+](=O)[O-])c1)N1CCC(c2ccc(Oc3ccc(C(F)(F)F)nn3)cc2)CC1. The highest BCUT2D eigenvalue weighted by molar-refractivity contribution is 5.95. The number of piperidine rings is 1. The fourth-order valence-corrected chi connectivity index (χ4v) is 4.31. The van der Waals surface area contributed by atoms with Crippen molar-refractivity contribution in [3.05, 3.63) is 81.5 Å². The van der Waals surface area contributed by atoms with Crippen molar-refractivity contribution < 1.29 is 32.4 Å². The fraction of sp³-hybridized carbons (Fsp3) is 0.346. The molecule has 1 amide bonds. The first kappa shape index (κ1) is 25.4. The van der Waals surface area contributed by atoms with E-state index in [4.69, 9.17) is 9.47 Å². The summed E-state index contributed by atoms with van der Waals surface area (Å²) in [6, 6.07) is 13.4. The molecule has 0 bridgehead atoms. The summed E-state index contributed by atoms with van der Waals surface area (Å²) in [6.45, 7) is 0.994. The third-order valence-electron chi connectivity index (χ3n) is 6.51. The van der Waals surface area contributed by atoms with E-state index < -0.39 is 16.8 Å². The number of ether oxygens (including phenoxy) is 2. The summed E-state index contributed by atoms with van der Waals surface area (Å²) in [6.07, 6.45) is -1.40. The van der Waals surface area contributed by atoms with Crippen molar-refractivity contribution in [3.63, 3.8) is 0 Å². The summed E-state index contributed by atoms with van der Waals surface area (Å²) in [5, 5.41) is 18.1. The molecule has 1 aliphatic heterocycles. The van der Waals surface area contributed by atoms with E-state index in [0.717, 1.165) is 30.5 Å². The maximum absolute atomic E-state index is 13.0. The van der Waals surface area contributed by atoms with Crippen LogP contribution in [0.1, 0.15) is 53.2 Å². The van der Waals surface area contributed by atoms with Crippen LogP contribution in [0.3, 0.4) is 0 Å². The average Bonchev–Trinajstić information content (AvgIpc) is 3.73. The fourth-order valence-electron chi connectivity index (χ4n) is 4.31. The van der Waals surface area contributed by atoms with E-state index in [2.05, 4.69) is 10.2 Å². The number of alkyl halides is 3. The summed E-state index contributed by atoms with van der Waals surface area (Å²) in [7, 11) is 0. The number of rotatable bonds is 7. The summed E-state index contributed by atoms with van der Waals surface area (Å²) in [5.41, 5.74) is -0.00333. The maximum Gasteiger partial charge on any atom is 0.435 e. The number of likely N-dealkylation sites (tertiary alicyclic amines) is 1. The van der Waals surface area contributed by atoms with Crippen molar-refractivity contribution in [3.8, 4) is 17.4 Å². The molecule has 1 aromatic heterocycles. The lowest BCUT2D eigenvalue weighted by Gasteiger charge is -2.32. The van der Waals surface area contributed by atoms with Crippen LogP contribution in [0.25, 0.3) is 0 Å². The summed E-state index contributed by atoms with van der Waals surface area (Å²) < 4.78 is 49.0. The van der Waals surface area contributed by atoms with Gasteiger partial charge in [0.1, 0.15) is 5.75 Å². The Balaban J connectivity index is 1.17. The number of amides is 1. The molecule has 0 radical (unpaired) electrons. The Hall–Kier alpha value is -4.22. The molecule has 198 valence electrons. The van der Waals surface area contributed by atoms with Crippen molar-refractivity contribution in [2.75, 3.05) is 13.1 Å². The Bertz CT molecular complexity index is 1320. The molecule has 1 aliphatic carbocycles. The minimum Gasteiger partial charge on any atom is -0.483 e. The van der Waals surface area contributed by atoms with E-state index in [1.165, 1.54) is 12.1 Å². The van der Waals surface area contributed by atoms with Gasteiger partial charge in [-0.15, -0.1) is 10.2 Å². The van der Waals surface area contributed by atoms with E-state index in [0.29, 0.717) is 31.7 Å². The van der Waals surface area contributed by atoms with Gasteiger partial charge < -0.3 is 14.4 Å². The predicted octanol–water partition coefficient (Wildman–Crippen LogP) is 5.76. The summed E-state index contributed by atoms with van der Waals surface area (Å²) >= 11 is 0. The van der Waals surface area contributed by atoms with Gasteiger partial charge in [0.2, 0.25) is 5.88 Å². The van der Waals surface area contributed by atoms with Gasteiger partial charge in [0, 0.05) is 30.8 Å². The van der Waals surface area contributed by atoms with Gasteiger partial charge in [-0.2, -0.15) is 13.2 Å². The molecule has 38 heavy (non-hydrogen) atoms. The molecule has 0 unspecified atom stereocenters. The third kappa shape index (κ3) is 5.84. The Kier molecular flexibility index (Phi) is 6.87. The maximum atomic E-state index is 13.0. The number of benzene rings is 2. The number of carbonyl (C=O) groups is 1. The van der Waals surface area contributed by atoms with E-state index in [9.17, 15) is 28.1 Å². The number of hydrogen-bond acceptors (Lipinski definition) is 7. The molecule has 0 atom stereocenters. The number of nitro benzene ring substituents is 1. The van der Waals surface area contributed by atoms with Crippen molar-refractivity contribution in [1.29, 1.82) is 0 Å². The minimum atomic E-state index is -4.57. The van der Waals surface area contributed by atoms with Crippen LogP contribution >= 0.6 is 0 Å². The lowest BCUT2D eigenvalue weighted by Crippen LogP contribution is -2.37. The molecular weight excluding hydrogens is 505 g/mol. The second-order valence-electron chi connectivity index (χ2n) is 9.25. The largest absolute Gasteiger partial charge is 0.483 e. The van der Waals surface area contributed by atoms with Crippen LogP contribution in [-0.2, 0) is 6.18 Å². The predicted molar refractivity (Wildman–Crippen MR) is 128 cm³/mol. The van der Waals surface area contributed by atoms with Gasteiger partial charge in [-0.25, -0.2) is 0 Å². The van der Waals surface area contributed by atoms with Gasteiger partial charge in [-0.3, -0.25) is 14.9 Å². The normalized spacial score (nSPS) is 16.2. The highest BCUT2D eigenvalue weighted by atomic mass is 19.4. The van der Waals surface area contributed by atoms with Crippen LogP contribution in [0.15, 0.2) is 54.6 Å². The Labute approximate surface area is 215 Å². The van der Waals surface area contributed by atoms with Gasteiger partial charge in [0.25, 0.3) is 5.91 Å². The molecule has 3 aromatic rings. The van der Waals surface area contributed by atoms with E-state index in [-0.39, 0.29) is 40.8 Å². The lowest BCUT2D eigenvalue weighted by atomic mass is 9.89. The van der Waals surface area contributed by atoms with Crippen LogP contribution in [0, 0.1) is 10.1 Å². The van der Waals surface area contributed by atoms with Crippen LogP contribution in [0.2, 0.25) is 0 Å². The number of halogens is 3. The lowest BCUT2D eigenvalue weighted by molar-refractivity contribution is -0.386. The number of nitro groups is 1. The van der Waals surface area contributed by atoms with Crippen LogP contribution in [0.5, 0.6) is 17.4 Å². The van der Waals surface area contributed by atoms with E-state index in [1.54, 1.807) is 23.1 Å². The molecule has 0 N–H and O–H groups in total. The molecule has 1 saturated heterocycles. The van der Waals surface area contributed by atoms with Gasteiger partial charge in [0.15, 0.2) is 11.4 Å². The van der Waals surface area contributed by atoms with Gasteiger partial charge in [-0.1, -0.05) is 12.1 Å². The van der Waals surface area contributed by atoms with Gasteiger partial charge in [-0.05, 0) is 67.5 Å². The van der Waals surface area contributed by atoms with E-state index >= 15 is 0 Å². The molecule has 2 aromatic carbocycles. The molecule has 0 spiro atoms. The Morgan fingerprint density at radius 3 is 2.26 bits per heavy atom. The molecule has 5 rings (SSSR count). The molecule has 12 heteroatoms. The highest BCUT2D eigenvalue weighted by Crippen LogP contribution is 2.35. The van der Waals surface area contributed by atoms with Crippen LogP contribution < -0.4 is 9.47 Å². The van der Waals surface area contributed by atoms with Crippen molar-refractivity contribution in [2.24, 2.45) is 0 Å². The summed E-state index contributed by atoms with van der Waals surface area (Å²) in [5.74, 6) is 0.482. The second kappa shape index (κ2) is 10.3. The molecule has 2 fully saturated rings. The smallest absolute Gasteiger partial charge is 0.435 e. The molecular formula is C26H23F3N4O5. The second-order valence-corrected chi connectivity index (χ2v) is 9.25. The van der Waals surface area contributed by atoms with Crippen molar-refractivity contribution in [2.45, 2.75) is 43.9 Å². The standard InChI is InChI=1S/C26H23F3N4O5/c27-26(28,29)23-9-10-24(31-30-23)38-20-4-1-16(2-5-20)17-11-13-32(14-12-17)25(34)18-3-8-22(37-19-6-7-19)21(15-18)33(35)36/h1-5,8-10,15,17,19H,6-7,11-14H2. The molecule has 2 aliphatic rings. The Morgan fingerprint density at radius 1 is 0.974 bits per heavy atom. The first-order chi connectivity index (χ1) is 18.2. The zero-order valence-electron chi connectivity index (χ0n) is 20.1. The first-order valence-corrected chi connectivity index (χ1v) is 12.1. The van der Waals surface area contributed by atoms with Crippen molar-refractivity contribution >= 4 is 11.6 Å². The minimum absolute atomic E-state index is 0.00778. The number of hydrogen-bond donors (Lipinski definition) is 0. The quantitative estimate of drug-likeness (QED) is 0.284. The molecule has 9 nitrogen and oxygen atoms in total. The zero-order valence-corrected chi connectivity index (χ0v) is 20.1. The van der Waals surface area contributed by atoms with Gasteiger partial charge >= 0.3 is 11.9 Å². The van der Waals surface area contributed by atoms with Crippen LogP contribution in [0.4, 0.5) is 18.9 Å². The topological polar surface area (TPSA) is 108 Å². The highest BCUT2D eigenvalue weighted by Gasteiger charge is 2.33. The first-order valence-electron chi connectivity index (χ1n) is 12.1. The zero-order chi connectivity index (χ0) is 26.9. The number of aromatic nitrogens is 2. The average molecular weight is 528 g/mol. The van der Waals surface area contributed by atoms with Crippen molar-refractivity contribution in [1.82, 2.24) is 15.1 Å². The number of nitrogens with zero attached hydrogens (tertiary/aromatic N) is 4. The number of carbonyl (C=O) groups excluding carboxylic acids is 1.